The number of nitro benzene ring substituents is 1. The molecule has 4 rings (SSSR count). The van der Waals surface area contributed by atoms with Gasteiger partial charge in [-0.1, -0.05) is 19.1 Å². The molecule has 2 aromatic carbocycles. The zero-order valence-electron chi connectivity index (χ0n) is 17.8. The number of aliphatic imine (C=N–C) groups is 1. The molecule has 1 amide bonds. The van der Waals surface area contributed by atoms with Crippen molar-refractivity contribution >= 4 is 40.3 Å². The monoisotopic (exact) mass is 452 g/mol. The Morgan fingerprint density at radius 3 is 2.34 bits per heavy atom. The van der Waals surface area contributed by atoms with Gasteiger partial charge in [-0.2, -0.15) is 4.99 Å². The number of rotatable bonds is 6. The first-order chi connectivity index (χ1) is 15.5. The maximum atomic E-state index is 12.4. The van der Waals surface area contributed by atoms with Crippen molar-refractivity contribution in [2.45, 2.75) is 13.3 Å². The first-order valence-corrected chi connectivity index (χ1v) is 11.3. The zero-order valence-corrected chi connectivity index (χ0v) is 18.6. The van der Waals surface area contributed by atoms with Crippen LogP contribution in [0.15, 0.2) is 58.4 Å². The summed E-state index contributed by atoms with van der Waals surface area (Å²) in [6.07, 6.45) is 2.82. The van der Waals surface area contributed by atoms with Crippen molar-refractivity contribution in [3.05, 3.63) is 69.1 Å². The molecular weight excluding hydrogens is 428 g/mol. The summed E-state index contributed by atoms with van der Waals surface area (Å²) in [5.41, 5.74) is 1.98. The molecule has 8 nitrogen and oxygen atoms in total. The molecule has 1 saturated heterocycles. The molecule has 0 atom stereocenters. The average molecular weight is 453 g/mol. The molecule has 0 spiro atoms. The highest BCUT2D eigenvalue weighted by molar-refractivity contribution is 8.18. The van der Waals surface area contributed by atoms with Gasteiger partial charge >= 0.3 is 0 Å². The molecule has 9 heteroatoms. The molecule has 0 N–H and O–H groups in total. The van der Waals surface area contributed by atoms with Crippen molar-refractivity contribution < 1.29 is 14.5 Å². The fourth-order valence-corrected chi connectivity index (χ4v) is 4.47. The van der Waals surface area contributed by atoms with Crippen LogP contribution in [0.5, 0.6) is 5.75 Å². The van der Waals surface area contributed by atoms with E-state index in [0.29, 0.717) is 11.5 Å². The minimum Gasteiger partial charge on any atom is -0.494 e. The molecule has 0 saturated carbocycles. The maximum absolute atomic E-state index is 12.4. The Morgan fingerprint density at radius 2 is 1.72 bits per heavy atom. The summed E-state index contributed by atoms with van der Waals surface area (Å²) in [5, 5.41) is 11.6. The molecule has 0 radical (unpaired) electrons. The molecule has 0 unspecified atom stereocenters. The number of carbonyl (C=O) groups excluding carboxylic acids is 1. The highest BCUT2D eigenvalue weighted by atomic mass is 32.2. The van der Waals surface area contributed by atoms with E-state index in [2.05, 4.69) is 21.7 Å². The van der Waals surface area contributed by atoms with Crippen LogP contribution < -0.4 is 9.64 Å². The third-order valence-electron chi connectivity index (χ3n) is 5.24. The third kappa shape index (κ3) is 5.11. The van der Waals surface area contributed by atoms with Crippen molar-refractivity contribution in [3.63, 3.8) is 0 Å². The molecule has 1 fully saturated rings. The van der Waals surface area contributed by atoms with E-state index in [0.717, 1.165) is 54.8 Å². The lowest BCUT2D eigenvalue weighted by Gasteiger charge is -2.36. The summed E-state index contributed by atoms with van der Waals surface area (Å²) < 4.78 is 5.60. The van der Waals surface area contributed by atoms with Gasteiger partial charge in [0.25, 0.3) is 11.6 Å². The largest absolute Gasteiger partial charge is 0.494 e. The molecule has 166 valence electrons. The Morgan fingerprint density at radius 1 is 1.06 bits per heavy atom. The van der Waals surface area contributed by atoms with Crippen molar-refractivity contribution in [2.24, 2.45) is 4.99 Å². The van der Waals surface area contributed by atoms with E-state index in [1.54, 1.807) is 12.1 Å². The summed E-state index contributed by atoms with van der Waals surface area (Å²) in [6, 6.07) is 14.3. The van der Waals surface area contributed by atoms with Crippen molar-refractivity contribution in [1.29, 1.82) is 0 Å². The average Bonchev–Trinajstić information content (AvgIpc) is 3.19. The first-order valence-electron chi connectivity index (χ1n) is 10.5. The SMILES string of the molecule is CCCOc1ccc(/C=C2/SC(N3CCN(c4ccc([N+](=O)[O-])cc4)CC3)=NC2=O)cc1. The van der Waals surface area contributed by atoms with Crippen LogP contribution in [0.2, 0.25) is 0 Å². The van der Waals surface area contributed by atoms with E-state index >= 15 is 0 Å². The van der Waals surface area contributed by atoms with Gasteiger partial charge in [-0.3, -0.25) is 14.9 Å². The Hall–Kier alpha value is -3.33. The van der Waals surface area contributed by atoms with E-state index in [1.165, 1.54) is 23.9 Å². The van der Waals surface area contributed by atoms with Gasteiger partial charge < -0.3 is 14.5 Å². The van der Waals surface area contributed by atoms with E-state index in [9.17, 15) is 14.9 Å². The summed E-state index contributed by atoms with van der Waals surface area (Å²) >= 11 is 1.40. The minimum absolute atomic E-state index is 0.0880. The van der Waals surface area contributed by atoms with Crippen LogP contribution >= 0.6 is 11.8 Å². The molecule has 0 bridgehead atoms. The molecule has 32 heavy (non-hydrogen) atoms. The summed E-state index contributed by atoms with van der Waals surface area (Å²) in [6.45, 7) is 5.71. The number of hydrogen-bond donors (Lipinski definition) is 0. The second kappa shape index (κ2) is 9.86. The van der Waals surface area contributed by atoms with E-state index in [1.807, 2.05) is 30.3 Å². The van der Waals surface area contributed by atoms with Gasteiger partial charge in [0.15, 0.2) is 5.17 Å². The van der Waals surface area contributed by atoms with Gasteiger partial charge in [0.2, 0.25) is 0 Å². The predicted molar refractivity (Wildman–Crippen MR) is 127 cm³/mol. The number of nitro groups is 1. The van der Waals surface area contributed by atoms with Gasteiger partial charge in [0, 0.05) is 44.0 Å². The Bertz CT molecular complexity index is 1040. The molecule has 2 aromatic rings. The number of ether oxygens (including phenoxy) is 1. The number of benzene rings is 2. The minimum atomic E-state index is -0.395. The van der Waals surface area contributed by atoms with Crippen LogP contribution in [0.25, 0.3) is 6.08 Å². The van der Waals surface area contributed by atoms with Crippen LogP contribution in [0.4, 0.5) is 11.4 Å². The topological polar surface area (TPSA) is 88.3 Å². The smallest absolute Gasteiger partial charge is 0.286 e. The van der Waals surface area contributed by atoms with Crippen molar-refractivity contribution in [2.75, 3.05) is 37.7 Å². The molecule has 0 aliphatic carbocycles. The lowest BCUT2D eigenvalue weighted by molar-refractivity contribution is -0.384. The number of amidine groups is 1. The molecule has 0 aromatic heterocycles. The lowest BCUT2D eigenvalue weighted by Crippen LogP contribution is -2.47. The number of piperazine rings is 1. The highest BCUT2D eigenvalue weighted by Gasteiger charge is 2.28. The number of carbonyl (C=O) groups is 1. The molecular formula is C23H24N4O4S. The fraction of sp³-hybridized carbons (Fsp3) is 0.304. The van der Waals surface area contributed by atoms with E-state index in [-0.39, 0.29) is 11.6 Å². The fourth-order valence-electron chi connectivity index (χ4n) is 3.51. The number of nitrogens with zero attached hydrogens (tertiary/aromatic N) is 4. The summed E-state index contributed by atoms with van der Waals surface area (Å²) in [5.74, 6) is 0.608. The number of hydrogen-bond acceptors (Lipinski definition) is 7. The van der Waals surface area contributed by atoms with Crippen LogP contribution in [-0.4, -0.2) is 53.7 Å². The second-order valence-electron chi connectivity index (χ2n) is 7.48. The summed E-state index contributed by atoms with van der Waals surface area (Å²) in [4.78, 5) is 32.0. The summed E-state index contributed by atoms with van der Waals surface area (Å²) in [7, 11) is 0. The third-order valence-corrected chi connectivity index (χ3v) is 6.28. The van der Waals surface area contributed by atoms with Crippen molar-refractivity contribution in [1.82, 2.24) is 4.90 Å². The van der Waals surface area contributed by atoms with Crippen LogP contribution in [0.1, 0.15) is 18.9 Å². The Balaban J connectivity index is 1.34. The molecule has 2 aliphatic rings. The Kier molecular flexibility index (Phi) is 6.75. The van der Waals surface area contributed by atoms with Gasteiger partial charge in [0.1, 0.15) is 5.75 Å². The van der Waals surface area contributed by atoms with Crippen LogP contribution in [0.3, 0.4) is 0 Å². The van der Waals surface area contributed by atoms with E-state index in [4.69, 9.17) is 4.74 Å². The normalized spacial score (nSPS) is 17.6. The van der Waals surface area contributed by atoms with Crippen LogP contribution in [0, 0.1) is 10.1 Å². The van der Waals surface area contributed by atoms with Gasteiger partial charge in [0.05, 0.1) is 16.4 Å². The highest BCUT2D eigenvalue weighted by Crippen LogP contribution is 2.31. The number of non-ortho nitro benzene ring substituents is 1. The van der Waals surface area contributed by atoms with Gasteiger partial charge in [-0.05, 0) is 54.1 Å². The van der Waals surface area contributed by atoms with Crippen molar-refractivity contribution in [3.8, 4) is 5.75 Å². The maximum Gasteiger partial charge on any atom is 0.286 e. The molecule has 2 aliphatic heterocycles. The predicted octanol–water partition coefficient (Wildman–Crippen LogP) is 4.18. The number of anilines is 1. The van der Waals surface area contributed by atoms with Gasteiger partial charge in [-0.15, -0.1) is 0 Å². The number of thioether (sulfide) groups is 1. The van der Waals surface area contributed by atoms with Crippen LogP contribution in [-0.2, 0) is 4.79 Å². The standard InChI is InChI=1S/C23H24N4O4S/c1-2-15-31-20-9-3-17(4-10-20)16-21-22(28)24-23(32-21)26-13-11-25(12-14-26)18-5-7-19(8-6-18)27(29)30/h3-10,16H,2,11-15H2,1H3/b21-16+. The first kappa shape index (κ1) is 21.9. The quantitative estimate of drug-likeness (QED) is 0.369. The zero-order chi connectivity index (χ0) is 22.5. The number of amides is 1. The van der Waals surface area contributed by atoms with Gasteiger partial charge in [-0.25, -0.2) is 0 Å². The van der Waals surface area contributed by atoms with E-state index < -0.39 is 4.92 Å². The second-order valence-corrected chi connectivity index (χ2v) is 8.48. The lowest BCUT2D eigenvalue weighted by atomic mass is 10.2. The molecule has 2 heterocycles. The Labute approximate surface area is 190 Å².